The van der Waals surface area contributed by atoms with Gasteiger partial charge in [-0.1, -0.05) is 11.6 Å². The molecule has 1 fully saturated rings. The van der Waals surface area contributed by atoms with Crippen molar-refractivity contribution in [3.05, 3.63) is 51.8 Å². The van der Waals surface area contributed by atoms with Crippen molar-refractivity contribution in [1.29, 1.82) is 0 Å². The molecule has 6 nitrogen and oxygen atoms in total. The number of rotatable bonds is 3. The highest BCUT2D eigenvalue weighted by molar-refractivity contribution is 6.30. The van der Waals surface area contributed by atoms with Crippen molar-refractivity contribution in [3.8, 4) is 5.75 Å². The van der Waals surface area contributed by atoms with Gasteiger partial charge in [0, 0.05) is 5.02 Å². The molecule has 2 aliphatic rings. The zero-order valence-corrected chi connectivity index (χ0v) is 16.5. The van der Waals surface area contributed by atoms with Crippen LogP contribution in [0.15, 0.2) is 24.3 Å². The fourth-order valence-electron chi connectivity index (χ4n) is 4.31. The standard InChI is InChI=1S/C21H21ClN2O4/c1-11-9-13(22)10-12(2)17(11)28-14-5-7-21(8-6-14)18-15(24-20(21)27)3-4-16(23-18)19(25)26/h3-4,9-10,14H,5-8H2,1-2H3,(H,24,27)(H,25,26)/t14-,21-. The third-order valence-electron chi connectivity index (χ3n) is 5.75. The molecule has 146 valence electrons. The Bertz CT molecular complexity index is 957. The van der Waals surface area contributed by atoms with Crippen molar-refractivity contribution in [3.63, 3.8) is 0 Å². The lowest BCUT2D eigenvalue weighted by molar-refractivity contribution is -0.122. The van der Waals surface area contributed by atoms with Gasteiger partial charge in [0.25, 0.3) is 0 Å². The van der Waals surface area contributed by atoms with Gasteiger partial charge < -0.3 is 15.2 Å². The molecule has 0 radical (unpaired) electrons. The number of carboxylic acid groups (broad SMARTS) is 1. The van der Waals surface area contributed by atoms with Crippen LogP contribution in [0.3, 0.4) is 0 Å². The number of hydrogen-bond donors (Lipinski definition) is 2. The summed E-state index contributed by atoms with van der Waals surface area (Å²) < 4.78 is 6.25. The molecule has 1 aliphatic carbocycles. The van der Waals surface area contributed by atoms with Crippen molar-refractivity contribution in [2.24, 2.45) is 0 Å². The molecule has 2 heterocycles. The molecule has 4 rings (SSSR count). The van der Waals surface area contributed by atoms with Gasteiger partial charge in [-0.25, -0.2) is 9.78 Å². The average molecular weight is 401 g/mol. The third kappa shape index (κ3) is 3.02. The van der Waals surface area contributed by atoms with E-state index in [0.29, 0.717) is 42.1 Å². The molecule has 0 bridgehead atoms. The van der Waals surface area contributed by atoms with Crippen LogP contribution in [0.2, 0.25) is 5.02 Å². The molecule has 1 amide bonds. The lowest BCUT2D eigenvalue weighted by atomic mass is 9.71. The summed E-state index contributed by atoms with van der Waals surface area (Å²) in [6.07, 6.45) is 2.50. The normalized spacial score (nSPS) is 23.4. The summed E-state index contributed by atoms with van der Waals surface area (Å²) in [7, 11) is 0. The highest BCUT2D eigenvalue weighted by atomic mass is 35.5. The van der Waals surface area contributed by atoms with Crippen LogP contribution in [0.4, 0.5) is 5.69 Å². The van der Waals surface area contributed by atoms with Gasteiger partial charge in [-0.15, -0.1) is 0 Å². The minimum Gasteiger partial charge on any atom is -0.490 e. The molecule has 0 saturated heterocycles. The van der Waals surface area contributed by atoms with Gasteiger partial charge in [0.1, 0.15) is 11.4 Å². The van der Waals surface area contributed by atoms with Gasteiger partial charge in [-0.3, -0.25) is 4.79 Å². The number of amides is 1. The average Bonchev–Trinajstić information content (AvgIpc) is 2.91. The maximum atomic E-state index is 12.7. The van der Waals surface area contributed by atoms with Crippen molar-refractivity contribution in [1.82, 2.24) is 4.98 Å². The maximum absolute atomic E-state index is 12.7. The molecule has 7 heteroatoms. The van der Waals surface area contributed by atoms with E-state index in [2.05, 4.69) is 10.3 Å². The van der Waals surface area contributed by atoms with Crippen molar-refractivity contribution in [2.75, 3.05) is 5.32 Å². The van der Waals surface area contributed by atoms with E-state index in [1.54, 1.807) is 6.07 Å². The fraction of sp³-hybridized carbons (Fsp3) is 0.381. The highest BCUT2D eigenvalue weighted by Gasteiger charge is 2.50. The first-order valence-electron chi connectivity index (χ1n) is 9.30. The first kappa shape index (κ1) is 18.7. The Hall–Kier alpha value is -2.60. The summed E-state index contributed by atoms with van der Waals surface area (Å²) in [5.41, 5.74) is 2.32. The summed E-state index contributed by atoms with van der Waals surface area (Å²) in [6, 6.07) is 6.81. The molecule has 28 heavy (non-hydrogen) atoms. The van der Waals surface area contributed by atoms with E-state index in [1.165, 1.54) is 6.07 Å². The van der Waals surface area contributed by atoms with Gasteiger partial charge in [-0.2, -0.15) is 0 Å². The first-order valence-corrected chi connectivity index (χ1v) is 9.67. The Morgan fingerprint density at radius 2 is 1.89 bits per heavy atom. The quantitative estimate of drug-likeness (QED) is 0.803. The summed E-state index contributed by atoms with van der Waals surface area (Å²) in [6.45, 7) is 3.94. The largest absolute Gasteiger partial charge is 0.490 e. The smallest absolute Gasteiger partial charge is 0.354 e. The number of benzene rings is 1. The number of nitrogens with zero attached hydrogens (tertiary/aromatic N) is 1. The minimum atomic E-state index is -1.09. The number of fused-ring (bicyclic) bond motifs is 2. The molecule has 1 saturated carbocycles. The Kier molecular flexibility index (Phi) is 4.54. The van der Waals surface area contributed by atoms with Crippen LogP contribution in [0.1, 0.15) is 53.0 Å². The number of halogens is 1. The molecule has 1 aromatic carbocycles. The molecule has 2 N–H and O–H groups in total. The van der Waals surface area contributed by atoms with E-state index >= 15 is 0 Å². The Labute approximate surface area is 167 Å². The van der Waals surface area contributed by atoms with Crippen LogP contribution in [-0.4, -0.2) is 28.1 Å². The number of ether oxygens (including phenoxy) is 1. The maximum Gasteiger partial charge on any atom is 0.354 e. The van der Waals surface area contributed by atoms with E-state index in [1.807, 2.05) is 26.0 Å². The third-order valence-corrected chi connectivity index (χ3v) is 5.96. The number of carbonyl (C=O) groups is 2. The second kappa shape index (κ2) is 6.78. The molecule has 0 atom stereocenters. The van der Waals surface area contributed by atoms with Gasteiger partial charge in [0.05, 0.1) is 22.9 Å². The van der Waals surface area contributed by atoms with Crippen LogP contribution in [0.25, 0.3) is 0 Å². The molecule has 0 unspecified atom stereocenters. The molecule has 1 aromatic heterocycles. The Balaban J connectivity index is 1.56. The second-order valence-corrected chi connectivity index (χ2v) is 8.06. The topological polar surface area (TPSA) is 88.5 Å². The number of nitrogens with one attached hydrogen (secondary N) is 1. The first-order chi connectivity index (χ1) is 13.3. The zero-order valence-electron chi connectivity index (χ0n) is 15.7. The summed E-state index contributed by atoms with van der Waals surface area (Å²) >= 11 is 6.10. The van der Waals surface area contributed by atoms with Crippen LogP contribution in [0, 0.1) is 13.8 Å². The van der Waals surface area contributed by atoms with E-state index in [4.69, 9.17) is 16.3 Å². The van der Waals surface area contributed by atoms with E-state index in [0.717, 1.165) is 16.9 Å². The number of aromatic carboxylic acids is 1. The summed E-state index contributed by atoms with van der Waals surface area (Å²) in [5.74, 6) is -0.356. The summed E-state index contributed by atoms with van der Waals surface area (Å²) in [4.78, 5) is 28.3. The van der Waals surface area contributed by atoms with E-state index in [-0.39, 0.29) is 17.7 Å². The Morgan fingerprint density at radius 3 is 2.50 bits per heavy atom. The number of pyridine rings is 1. The fourth-order valence-corrected chi connectivity index (χ4v) is 4.64. The highest BCUT2D eigenvalue weighted by Crippen LogP contribution is 2.47. The van der Waals surface area contributed by atoms with Gasteiger partial charge >= 0.3 is 5.97 Å². The van der Waals surface area contributed by atoms with Crippen LogP contribution in [-0.2, 0) is 10.2 Å². The van der Waals surface area contributed by atoms with Crippen molar-refractivity contribution >= 4 is 29.2 Å². The lowest BCUT2D eigenvalue weighted by Gasteiger charge is -2.35. The SMILES string of the molecule is Cc1cc(Cl)cc(C)c1O[C@H]1CC[C@@]2(CC1)C(=O)Nc1ccc(C(=O)O)nc12. The Morgan fingerprint density at radius 1 is 1.25 bits per heavy atom. The second-order valence-electron chi connectivity index (χ2n) is 7.62. The van der Waals surface area contributed by atoms with Crippen molar-refractivity contribution < 1.29 is 19.4 Å². The number of anilines is 1. The number of aromatic nitrogens is 1. The number of carboxylic acids is 1. The summed E-state index contributed by atoms with van der Waals surface area (Å²) in [5, 5.41) is 12.8. The number of carbonyl (C=O) groups excluding carboxylic acids is 1. The predicted molar refractivity (Wildman–Crippen MR) is 105 cm³/mol. The molecular formula is C21H21ClN2O4. The molecular weight excluding hydrogens is 380 g/mol. The molecule has 1 spiro atoms. The van der Waals surface area contributed by atoms with Gasteiger partial charge in [-0.05, 0) is 74.9 Å². The lowest BCUT2D eigenvalue weighted by Crippen LogP contribution is -2.41. The zero-order chi connectivity index (χ0) is 20.1. The van der Waals surface area contributed by atoms with E-state index < -0.39 is 11.4 Å². The number of hydrogen-bond acceptors (Lipinski definition) is 4. The van der Waals surface area contributed by atoms with Gasteiger partial charge in [0.2, 0.25) is 5.91 Å². The van der Waals surface area contributed by atoms with Crippen LogP contribution >= 0.6 is 11.6 Å². The van der Waals surface area contributed by atoms with Crippen LogP contribution in [0.5, 0.6) is 5.75 Å². The number of aryl methyl sites for hydroxylation is 2. The van der Waals surface area contributed by atoms with Gasteiger partial charge in [0.15, 0.2) is 0 Å². The van der Waals surface area contributed by atoms with Crippen molar-refractivity contribution in [2.45, 2.75) is 51.0 Å². The van der Waals surface area contributed by atoms with Crippen LogP contribution < -0.4 is 10.1 Å². The predicted octanol–water partition coefficient (Wildman–Crippen LogP) is 4.26. The van der Waals surface area contributed by atoms with E-state index in [9.17, 15) is 14.7 Å². The molecule has 2 aromatic rings. The molecule has 1 aliphatic heterocycles. The monoisotopic (exact) mass is 400 g/mol. The minimum absolute atomic E-state index is 0.0105.